The molecule has 0 aliphatic carbocycles. The molecule has 0 spiro atoms. The third-order valence-electron chi connectivity index (χ3n) is 5.12. The molecule has 1 amide bonds. The van der Waals surface area contributed by atoms with Crippen molar-refractivity contribution in [3.63, 3.8) is 0 Å². The van der Waals surface area contributed by atoms with Gasteiger partial charge < -0.3 is 10.4 Å². The molecule has 3 aromatic carbocycles. The van der Waals surface area contributed by atoms with Gasteiger partial charge >= 0.3 is 5.97 Å². The van der Waals surface area contributed by atoms with Crippen LogP contribution in [0, 0.1) is 0 Å². The van der Waals surface area contributed by atoms with Gasteiger partial charge in [0.15, 0.2) is 0 Å². The zero-order valence-electron chi connectivity index (χ0n) is 16.5. The summed E-state index contributed by atoms with van der Waals surface area (Å²) in [5.74, 6) is -1.63. The SMILES string of the molecule is O=C(O)c1cccc(NC(=O)c2cccc(S(=O)(=O)N3CCCc4ccccc43)c2)c1. The first-order valence-corrected chi connectivity index (χ1v) is 11.2. The molecule has 31 heavy (non-hydrogen) atoms. The fourth-order valence-electron chi connectivity index (χ4n) is 3.61. The smallest absolute Gasteiger partial charge is 0.335 e. The predicted molar refractivity (Wildman–Crippen MR) is 117 cm³/mol. The van der Waals surface area contributed by atoms with Crippen molar-refractivity contribution < 1.29 is 23.1 Å². The number of carboxylic acid groups (broad SMARTS) is 1. The maximum Gasteiger partial charge on any atom is 0.335 e. The van der Waals surface area contributed by atoms with Gasteiger partial charge in [-0.15, -0.1) is 0 Å². The van der Waals surface area contributed by atoms with E-state index in [4.69, 9.17) is 5.11 Å². The summed E-state index contributed by atoms with van der Waals surface area (Å²) in [6, 6.07) is 19.1. The van der Waals surface area contributed by atoms with Gasteiger partial charge in [-0.2, -0.15) is 0 Å². The number of aromatic carboxylic acids is 1. The van der Waals surface area contributed by atoms with Crippen LogP contribution in [0.4, 0.5) is 11.4 Å². The monoisotopic (exact) mass is 436 g/mol. The lowest BCUT2D eigenvalue weighted by Gasteiger charge is -2.30. The lowest BCUT2D eigenvalue weighted by molar-refractivity contribution is 0.0696. The molecule has 1 heterocycles. The van der Waals surface area contributed by atoms with Crippen LogP contribution in [-0.2, 0) is 16.4 Å². The highest BCUT2D eigenvalue weighted by Gasteiger charge is 2.29. The molecule has 0 unspecified atom stereocenters. The van der Waals surface area contributed by atoms with Gasteiger partial charge in [0, 0.05) is 17.8 Å². The number of carbonyl (C=O) groups excluding carboxylic acids is 1. The number of carbonyl (C=O) groups is 2. The largest absolute Gasteiger partial charge is 0.478 e. The van der Waals surface area contributed by atoms with Crippen molar-refractivity contribution in [2.24, 2.45) is 0 Å². The Morgan fingerprint density at radius 3 is 2.45 bits per heavy atom. The minimum atomic E-state index is -3.85. The van der Waals surface area contributed by atoms with Crippen LogP contribution >= 0.6 is 0 Å². The second-order valence-electron chi connectivity index (χ2n) is 7.18. The van der Waals surface area contributed by atoms with E-state index in [0.717, 1.165) is 18.4 Å². The van der Waals surface area contributed by atoms with Crippen molar-refractivity contribution >= 4 is 33.3 Å². The second kappa shape index (κ2) is 8.23. The first-order chi connectivity index (χ1) is 14.9. The summed E-state index contributed by atoms with van der Waals surface area (Å²) in [6.07, 6.45) is 1.54. The van der Waals surface area contributed by atoms with Gasteiger partial charge in [0.1, 0.15) is 0 Å². The van der Waals surface area contributed by atoms with Gasteiger partial charge in [-0.1, -0.05) is 30.3 Å². The van der Waals surface area contributed by atoms with Crippen LogP contribution in [0.25, 0.3) is 0 Å². The minimum absolute atomic E-state index is 0.0242. The summed E-state index contributed by atoms with van der Waals surface area (Å²) in [4.78, 5) is 23.8. The summed E-state index contributed by atoms with van der Waals surface area (Å²) >= 11 is 0. The third kappa shape index (κ3) is 4.15. The molecule has 3 aromatic rings. The molecule has 0 atom stereocenters. The topological polar surface area (TPSA) is 104 Å². The maximum atomic E-state index is 13.3. The third-order valence-corrected chi connectivity index (χ3v) is 6.93. The lowest BCUT2D eigenvalue weighted by Crippen LogP contribution is -2.35. The normalized spacial score (nSPS) is 13.4. The Morgan fingerprint density at radius 1 is 0.903 bits per heavy atom. The molecule has 1 aliphatic heterocycles. The van der Waals surface area contributed by atoms with Crippen molar-refractivity contribution in [3.8, 4) is 0 Å². The number of anilines is 2. The molecule has 158 valence electrons. The molecule has 1 aliphatic rings. The van der Waals surface area contributed by atoms with Crippen molar-refractivity contribution in [2.45, 2.75) is 17.7 Å². The van der Waals surface area contributed by atoms with Crippen molar-refractivity contribution in [1.29, 1.82) is 0 Å². The fraction of sp³-hybridized carbons (Fsp3) is 0.130. The number of sulfonamides is 1. The van der Waals surface area contributed by atoms with Crippen LogP contribution in [0.5, 0.6) is 0 Å². The van der Waals surface area contributed by atoms with Gasteiger partial charge in [-0.3, -0.25) is 9.10 Å². The van der Waals surface area contributed by atoms with E-state index >= 15 is 0 Å². The van der Waals surface area contributed by atoms with E-state index in [2.05, 4.69) is 5.32 Å². The molecule has 0 bridgehead atoms. The lowest BCUT2D eigenvalue weighted by atomic mass is 10.0. The zero-order valence-corrected chi connectivity index (χ0v) is 17.3. The number of nitrogens with zero attached hydrogens (tertiary/aromatic N) is 1. The standard InChI is InChI=1S/C23H20N2O5S/c26-22(24-19-10-3-8-18(14-19)23(27)28)17-7-4-11-20(15-17)31(29,30)25-13-5-9-16-6-1-2-12-21(16)25/h1-4,6-8,10-12,14-15H,5,9,13H2,(H,24,26)(H,27,28). The summed E-state index contributed by atoms with van der Waals surface area (Å²) in [5.41, 5.74) is 2.15. The molecule has 0 radical (unpaired) electrons. The summed E-state index contributed by atoms with van der Waals surface area (Å²) in [7, 11) is -3.85. The van der Waals surface area contributed by atoms with E-state index in [1.165, 1.54) is 46.8 Å². The van der Waals surface area contributed by atoms with Crippen LogP contribution in [0.1, 0.15) is 32.7 Å². The number of para-hydroxylation sites is 1. The van der Waals surface area contributed by atoms with Gasteiger partial charge in [0.25, 0.3) is 15.9 Å². The molecule has 8 heteroatoms. The fourth-order valence-corrected chi connectivity index (χ4v) is 5.19. The number of rotatable bonds is 5. The zero-order chi connectivity index (χ0) is 22.0. The molecule has 2 N–H and O–H groups in total. The number of aryl methyl sites for hydroxylation is 1. The molecule has 0 saturated carbocycles. The van der Waals surface area contributed by atoms with E-state index in [9.17, 15) is 18.0 Å². The highest BCUT2D eigenvalue weighted by atomic mass is 32.2. The van der Waals surface area contributed by atoms with E-state index in [0.29, 0.717) is 17.9 Å². The molecule has 4 rings (SSSR count). The highest BCUT2D eigenvalue weighted by molar-refractivity contribution is 7.92. The van der Waals surface area contributed by atoms with Gasteiger partial charge in [-0.25, -0.2) is 13.2 Å². The van der Waals surface area contributed by atoms with Crippen molar-refractivity contribution in [1.82, 2.24) is 0 Å². The maximum absolute atomic E-state index is 13.3. The Hall–Kier alpha value is -3.65. The van der Waals surface area contributed by atoms with Crippen molar-refractivity contribution in [2.75, 3.05) is 16.2 Å². The van der Waals surface area contributed by atoms with Gasteiger partial charge in [0.2, 0.25) is 0 Å². The van der Waals surface area contributed by atoms with E-state index in [1.54, 1.807) is 12.1 Å². The molecule has 0 fully saturated rings. The number of carboxylic acids is 1. The molecular weight excluding hydrogens is 416 g/mol. The van der Waals surface area contributed by atoms with Crippen LogP contribution < -0.4 is 9.62 Å². The van der Waals surface area contributed by atoms with Crippen LogP contribution in [0.15, 0.2) is 77.7 Å². The Balaban J connectivity index is 1.62. The Labute approximate surface area is 180 Å². The van der Waals surface area contributed by atoms with E-state index < -0.39 is 21.9 Å². The average Bonchev–Trinajstić information content (AvgIpc) is 2.79. The Bertz CT molecular complexity index is 1270. The number of benzene rings is 3. The van der Waals surface area contributed by atoms with Gasteiger partial charge in [-0.05, 0) is 60.9 Å². The number of nitrogens with one attached hydrogen (secondary N) is 1. The summed E-state index contributed by atoms with van der Waals surface area (Å²) in [5, 5.41) is 11.7. The van der Waals surface area contributed by atoms with E-state index in [1.807, 2.05) is 18.2 Å². The van der Waals surface area contributed by atoms with Crippen LogP contribution in [0.2, 0.25) is 0 Å². The quantitative estimate of drug-likeness (QED) is 0.634. The number of hydrogen-bond donors (Lipinski definition) is 2. The summed E-state index contributed by atoms with van der Waals surface area (Å²) < 4.78 is 28.1. The number of amides is 1. The van der Waals surface area contributed by atoms with Crippen LogP contribution in [-0.4, -0.2) is 31.9 Å². The van der Waals surface area contributed by atoms with Crippen molar-refractivity contribution in [3.05, 3.63) is 89.5 Å². The number of fused-ring (bicyclic) bond motifs is 1. The first kappa shape index (κ1) is 20.6. The number of hydrogen-bond acceptors (Lipinski definition) is 4. The average molecular weight is 436 g/mol. The Kier molecular flexibility index (Phi) is 5.48. The highest BCUT2D eigenvalue weighted by Crippen LogP contribution is 2.32. The van der Waals surface area contributed by atoms with E-state index in [-0.39, 0.29) is 16.0 Å². The molecule has 0 saturated heterocycles. The van der Waals surface area contributed by atoms with Gasteiger partial charge in [0.05, 0.1) is 16.1 Å². The molecular formula is C23H20N2O5S. The second-order valence-corrected chi connectivity index (χ2v) is 9.04. The summed E-state index contributed by atoms with van der Waals surface area (Å²) in [6.45, 7) is 0.373. The molecule has 7 nitrogen and oxygen atoms in total. The predicted octanol–water partition coefficient (Wildman–Crippen LogP) is 3.78. The van der Waals surface area contributed by atoms with Crippen LogP contribution in [0.3, 0.4) is 0 Å². The minimum Gasteiger partial charge on any atom is -0.478 e. The molecule has 0 aromatic heterocycles. The first-order valence-electron chi connectivity index (χ1n) is 9.72. The Morgan fingerprint density at radius 2 is 1.65 bits per heavy atom.